The molecule has 0 spiro atoms. The SMILES string of the molecule is Cc1cbc(NC(=O)N2c3nc(C(=O)N[C@H](C)C(F)(F)F)ccc3N3CC[C@H]2C3)cc1. The van der Waals surface area contributed by atoms with Gasteiger partial charge in [0.05, 0.1) is 0 Å². The van der Waals surface area contributed by atoms with E-state index in [0.29, 0.717) is 17.8 Å². The minimum atomic E-state index is -4.56. The fourth-order valence-corrected chi connectivity index (χ4v) is 3.77. The number of amides is 3. The molecule has 2 aliphatic heterocycles. The van der Waals surface area contributed by atoms with Crippen LogP contribution in [0.1, 0.15) is 29.4 Å². The van der Waals surface area contributed by atoms with Crippen LogP contribution in [-0.4, -0.2) is 55.2 Å². The van der Waals surface area contributed by atoms with Gasteiger partial charge in [-0.05, 0) is 0 Å². The first kappa shape index (κ1) is 21.1. The number of aromatic nitrogens is 1. The zero-order valence-electron chi connectivity index (χ0n) is 17.0. The third kappa shape index (κ3) is 4.21. The molecule has 1 saturated heterocycles. The predicted molar refractivity (Wildman–Crippen MR) is 112 cm³/mol. The Morgan fingerprint density at radius 3 is 2.71 bits per heavy atom. The van der Waals surface area contributed by atoms with Gasteiger partial charge in [-0.25, -0.2) is 0 Å². The second kappa shape index (κ2) is 7.86. The van der Waals surface area contributed by atoms with Crippen molar-refractivity contribution in [3.05, 3.63) is 41.5 Å². The van der Waals surface area contributed by atoms with Crippen molar-refractivity contribution in [1.82, 2.24) is 10.3 Å². The van der Waals surface area contributed by atoms with Crippen molar-refractivity contribution in [3.63, 3.8) is 0 Å². The first-order chi connectivity index (χ1) is 14.6. The zero-order chi connectivity index (χ0) is 22.3. The van der Waals surface area contributed by atoms with Crippen molar-refractivity contribution >= 4 is 35.9 Å². The van der Waals surface area contributed by atoms with Crippen molar-refractivity contribution in [1.29, 1.82) is 0 Å². The summed E-state index contributed by atoms with van der Waals surface area (Å²) >= 11 is 0. The molecule has 2 bridgehead atoms. The monoisotopic (exact) mass is 431 g/mol. The van der Waals surface area contributed by atoms with E-state index in [1.54, 1.807) is 19.0 Å². The van der Waals surface area contributed by atoms with Gasteiger partial charge in [0.15, 0.2) is 0 Å². The van der Waals surface area contributed by atoms with E-state index in [1.807, 2.05) is 24.3 Å². The van der Waals surface area contributed by atoms with E-state index in [4.69, 9.17) is 0 Å². The van der Waals surface area contributed by atoms with Gasteiger partial charge in [-0.3, -0.25) is 0 Å². The molecule has 2 aromatic heterocycles. The molecule has 0 aliphatic carbocycles. The van der Waals surface area contributed by atoms with Crippen molar-refractivity contribution in [2.24, 2.45) is 0 Å². The quantitative estimate of drug-likeness (QED) is 0.784. The summed E-state index contributed by atoms with van der Waals surface area (Å²) in [6.45, 7) is 5.95. The predicted octanol–water partition coefficient (Wildman–Crippen LogP) is 3.04. The summed E-state index contributed by atoms with van der Waals surface area (Å²) in [4.78, 5) is 33.3. The molecule has 2 aromatic rings. The molecule has 0 saturated carbocycles. The molecule has 4 heterocycles. The molecule has 0 aromatic carbocycles. The molecule has 4 rings (SSSR count). The molecule has 31 heavy (non-hydrogen) atoms. The van der Waals surface area contributed by atoms with Gasteiger partial charge in [0, 0.05) is 0 Å². The van der Waals surface area contributed by atoms with E-state index in [2.05, 4.69) is 15.2 Å². The van der Waals surface area contributed by atoms with Gasteiger partial charge >= 0.3 is 177 Å². The van der Waals surface area contributed by atoms with Crippen molar-refractivity contribution in [3.8, 4) is 0 Å². The van der Waals surface area contributed by atoms with E-state index in [1.165, 1.54) is 11.0 Å². The number of aryl methyl sites for hydroxylation is 1. The third-order valence-corrected chi connectivity index (χ3v) is 5.54. The number of anilines is 3. The van der Waals surface area contributed by atoms with Crippen LogP contribution in [0.3, 0.4) is 0 Å². The summed E-state index contributed by atoms with van der Waals surface area (Å²) in [5.74, 6) is 1.20. The number of hydrogen-bond donors (Lipinski definition) is 2. The Bertz CT molecular complexity index is 1010. The summed E-state index contributed by atoms with van der Waals surface area (Å²) < 4.78 is 38.4. The number of urea groups is 1. The van der Waals surface area contributed by atoms with Gasteiger partial charge in [-0.15, -0.1) is 0 Å². The molecule has 3 amide bonds. The van der Waals surface area contributed by atoms with Crippen LogP contribution in [0.4, 0.5) is 35.1 Å². The molecular formula is C20H21BF3N5O2. The second-order valence-corrected chi connectivity index (χ2v) is 7.83. The number of fused-ring (bicyclic) bond motifs is 4. The van der Waals surface area contributed by atoms with E-state index < -0.39 is 24.2 Å². The van der Waals surface area contributed by atoms with Crippen molar-refractivity contribution < 1.29 is 22.8 Å². The van der Waals surface area contributed by atoms with Crippen LogP contribution in [0, 0.1) is 6.92 Å². The van der Waals surface area contributed by atoms with Gasteiger partial charge < -0.3 is 0 Å². The van der Waals surface area contributed by atoms with Crippen molar-refractivity contribution in [2.45, 2.75) is 38.5 Å². The second-order valence-electron chi connectivity index (χ2n) is 7.83. The Morgan fingerprint density at radius 1 is 1.26 bits per heavy atom. The maximum atomic E-state index is 13.1. The molecule has 0 unspecified atom stereocenters. The Morgan fingerprint density at radius 2 is 2.03 bits per heavy atom. The average molecular weight is 431 g/mol. The number of alkyl halides is 3. The molecule has 1 fully saturated rings. The first-order valence-electron chi connectivity index (χ1n) is 9.94. The standard InChI is InChI=1S/C20H21BF3N5O2/c1-11-3-6-16(21-9-11)27-19(31)29-13-7-8-28(10-13)15-5-4-14(26-17(15)29)18(30)25-12(2)20(22,23)24/h3-6,9,12-13H,7-8,10H2,1-2H3,(H,25,30)(H,27,31)/t12-,13+/m1/s1. The topological polar surface area (TPSA) is 77.6 Å². The Hall–Kier alpha value is -3.11. The molecule has 2 aliphatic rings. The number of rotatable bonds is 3. The third-order valence-electron chi connectivity index (χ3n) is 5.54. The molecule has 162 valence electrons. The fourth-order valence-electron chi connectivity index (χ4n) is 3.77. The Kier molecular flexibility index (Phi) is 5.36. The minimum absolute atomic E-state index is 0.141. The number of carbonyl (C=O) groups excluding carboxylic acids is 2. The number of nitrogens with one attached hydrogen (secondary N) is 2. The van der Waals surface area contributed by atoms with Gasteiger partial charge in [0.25, 0.3) is 0 Å². The van der Waals surface area contributed by atoms with E-state index in [0.717, 1.165) is 25.5 Å². The molecule has 7 nitrogen and oxygen atoms in total. The number of nitrogens with zero attached hydrogens (tertiary/aromatic N) is 3. The molecule has 0 radical (unpaired) electrons. The maximum absolute atomic E-state index is 13.1. The van der Waals surface area contributed by atoms with Gasteiger partial charge in [0.2, 0.25) is 0 Å². The van der Waals surface area contributed by atoms with Crippen molar-refractivity contribution in [2.75, 3.05) is 28.2 Å². The number of carbonyl (C=O) groups is 2. The van der Waals surface area contributed by atoms with Gasteiger partial charge in [-0.1, -0.05) is 0 Å². The van der Waals surface area contributed by atoms with Gasteiger partial charge in [-0.2, -0.15) is 0 Å². The van der Waals surface area contributed by atoms with E-state index in [-0.39, 0.29) is 17.6 Å². The molecular weight excluding hydrogens is 410 g/mol. The van der Waals surface area contributed by atoms with Crippen LogP contribution in [-0.2, 0) is 0 Å². The normalized spacial score (nSPS) is 18.3. The number of halogens is 3. The van der Waals surface area contributed by atoms with Crippen LogP contribution in [0.5, 0.6) is 0 Å². The summed E-state index contributed by atoms with van der Waals surface area (Å²) in [6.07, 6.45) is -3.83. The molecule has 2 N–H and O–H groups in total. The fraction of sp³-hybridized carbons (Fsp3) is 0.400. The Balaban J connectivity index is 1.62. The Labute approximate surface area is 177 Å². The summed E-state index contributed by atoms with van der Waals surface area (Å²) in [5.41, 5.74) is 2.17. The summed E-state index contributed by atoms with van der Waals surface area (Å²) in [5, 5.41) is 4.75. The average Bonchev–Trinajstić information content (AvgIpc) is 3.13. The first-order valence-corrected chi connectivity index (χ1v) is 9.94. The molecule has 2 atom stereocenters. The van der Waals surface area contributed by atoms with Crippen LogP contribution >= 0.6 is 0 Å². The summed E-state index contributed by atoms with van der Waals surface area (Å²) in [7, 11) is 0. The van der Waals surface area contributed by atoms with E-state index in [9.17, 15) is 22.8 Å². The number of pyridine rings is 1. The molecule has 11 heteroatoms. The summed E-state index contributed by atoms with van der Waals surface area (Å²) in [6, 6.07) is 4.12. The van der Waals surface area contributed by atoms with Crippen LogP contribution in [0.15, 0.2) is 30.2 Å². The van der Waals surface area contributed by atoms with Crippen LogP contribution in [0.25, 0.3) is 0 Å². The number of hydrogen-bond acceptors (Lipinski definition) is 4. The zero-order valence-corrected chi connectivity index (χ0v) is 17.0. The van der Waals surface area contributed by atoms with Crippen LogP contribution in [0.2, 0.25) is 0 Å². The van der Waals surface area contributed by atoms with Gasteiger partial charge in [0.1, 0.15) is 0 Å². The van der Waals surface area contributed by atoms with Crippen LogP contribution < -0.4 is 20.4 Å². The van der Waals surface area contributed by atoms with E-state index >= 15 is 0 Å².